The van der Waals surface area contributed by atoms with Crippen LogP contribution in [0.5, 0.6) is 0 Å². The number of hydrogen-bond donors (Lipinski definition) is 0. The second kappa shape index (κ2) is 4.60. The van der Waals surface area contributed by atoms with Gasteiger partial charge in [0.1, 0.15) is 0 Å². The van der Waals surface area contributed by atoms with Crippen molar-refractivity contribution < 1.29 is 21.5 Å². The second-order valence-corrected chi connectivity index (χ2v) is 5.50. The minimum Gasteiger partial charge on any atom is -0.294 e. The first-order valence-corrected chi connectivity index (χ1v) is 6.75. The molecule has 0 bridgehead atoms. The Hall–Kier alpha value is -1.57. The fourth-order valence-corrected chi connectivity index (χ4v) is 2.74. The topological polar surface area (TPSA) is 67.3 Å². The summed E-state index contributed by atoms with van der Waals surface area (Å²) in [5, 5.41) is 0. The van der Waals surface area contributed by atoms with Crippen LogP contribution in [0.2, 0.25) is 0 Å². The first-order chi connectivity index (χ1) is 8.37. The monoisotopic (exact) mass is 276 g/mol. The molecule has 5 nitrogen and oxygen atoms in total. The summed E-state index contributed by atoms with van der Waals surface area (Å²) in [7, 11) is -4.64. The van der Waals surface area contributed by atoms with Crippen LogP contribution in [0.1, 0.15) is 6.42 Å². The Bertz CT molecular complexity index is 576. The van der Waals surface area contributed by atoms with Gasteiger partial charge in [0.25, 0.3) is 0 Å². The highest BCUT2D eigenvalue weighted by Gasteiger charge is 2.35. The molecule has 0 aliphatic carbocycles. The summed E-state index contributed by atoms with van der Waals surface area (Å²) in [4.78, 5) is 16.4. The minimum absolute atomic E-state index is 0.0457. The van der Waals surface area contributed by atoms with Gasteiger partial charge in [-0.25, -0.2) is 9.37 Å². The lowest BCUT2D eigenvalue weighted by Crippen LogP contribution is -2.27. The van der Waals surface area contributed by atoms with E-state index < -0.39 is 33.6 Å². The number of halogens is 2. The van der Waals surface area contributed by atoms with Crippen molar-refractivity contribution in [3.8, 4) is 0 Å². The number of amides is 1. The van der Waals surface area contributed by atoms with Gasteiger partial charge in [0, 0.05) is 25.1 Å². The van der Waals surface area contributed by atoms with Crippen molar-refractivity contribution in [3.63, 3.8) is 0 Å². The fourth-order valence-electron chi connectivity index (χ4n) is 1.96. The van der Waals surface area contributed by atoms with Crippen LogP contribution in [0.4, 0.5) is 14.1 Å². The van der Waals surface area contributed by atoms with Crippen molar-refractivity contribution in [1.29, 1.82) is 0 Å². The van der Waals surface area contributed by atoms with Crippen LogP contribution >= 0.6 is 0 Å². The minimum atomic E-state index is -4.64. The van der Waals surface area contributed by atoms with Crippen molar-refractivity contribution in [3.05, 3.63) is 24.1 Å². The van der Waals surface area contributed by atoms with E-state index in [0.29, 0.717) is 0 Å². The van der Waals surface area contributed by atoms with Crippen molar-refractivity contribution >= 4 is 21.9 Å². The summed E-state index contributed by atoms with van der Waals surface area (Å²) in [5.74, 6) is -2.69. The molecule has 1 saturated heterocycles. The third-order valence-electron chi connectivity index (χ3n) is 2.63. The molecule has 0 aromatic carbocycles. The number of carbonyl (C=O) groups excluding carboxylic acids is 1. The van der Waals surface area contributed by atoms with Crippen LogP contribution in [0.3, 0.4) is 0 Å². The number of hydrogen-bond acceptors (Lipinski definition) is 4. The molecule has 98 valence electrons. The molecule has 2 rings (SSSR count). The molecule has 1 unspecified atom stereocenters. The number of aromatic nitrogens is 1. The summed E-state index contributed by atoms with van der Waals surface area (Å²) >= 11 is 0. The Morgan fingerprint density at radius 1 is 1.50 bits per heavy atom. The summed E-state index contributed by atoms with van der Waals surface area (Å²) in [6, 6.07) is 2.53. The van der Waals surface area contributed by atoms with Gasteiger partial charge in [-0.15, -0.1) is 3.89 Å². The molecule has 2 heterocycles. The van der Waals surface area contributed by atoms with Gasteiger partial charge >= 0.3 is 10.2 Å². The Balaban J connectivity index is 2.18. The lowest BCUT2D eigenvalue weighted by atomic mass is 10.1. The molecule has 0 spiro atoms. The van der Waals surface area contributed by atoms with Gasteiger partial charge in [-0.3, -0.25) is 9.69 Å². The Morgan fingerprint density at radius 2 is 2.22 bits per heavy atom. The zero-order valence-electron chi connectivity index (χ0n) is 9.21. The summed E-state index contributed by atoms with van der Waals surface area (Å²) in [6.07, 6.45) is 1.20. The number of pyridine rings is 1. The van der Waals surface area contributed by atoms with E-state index in [1.54, 1.807) is 0 Å². The predicted octanol–water partition coefficient (Wildman–Crippen LogP) is 0.873. The lowest BCUT2D eigenvalue weighted by Gasteiger charge is -2.15. The summed E-state index contributed by atoms with van der Waals surface area (Å²) in [6.45, 7) is -0.0457. The molecule has 1 aromatic rings. The molecule has 0 radical (unpaired) electrons. The third kappa shape index (κ3) is 2.81. The van der Waals surface area contributed by atoms with Gasteiger partial charge in [0.15, 0.2) is 11.6 Å². The van der Waals surface area contributed by atoms with E-state index in [0.717, 1.165) is 11.0 Å². The maximum atomic E-state index is 13.4. The molecular formula is C10H10F2N2O3S. The Morgan fingerprint density at radius 3 is 2.83 bits per heavy atom. The largest absolute Gasteiger partial charge is 0.302 e. The van der Waals surface area contributed by atoms with Gasteiger partial charge in [-0.1, -0.05) is 0 Å². The standard InChI is InChI=1S/C10H10F2N2O3S/c11-8-2-1-3-13-10(8)14-5-7(4-9(14)15)6-18(12,16)17/h1-3,7H,4-6H2. The van der Waals surface area contributed by atoms with E-state index in [2.05, 4.69) is 4.98 Å². The molecule has 18 heavy (non-hydrogen) atoms. The molecular weight excluding hydrogens is 266 g/mol. The predicted molar refractivity (Wildman–Crippen MR) is 59.5 cm³/mol. The van der Waals surface area contributed by atoms with Crippen molar-refractivity contribution in [2.45, 2.75) is 6.42 Å². The van der Waals surface area contributed by atoms with Crippen molar-refractivity contribution in [2.75, 3.05) is 17.2 Å². The van der Waals surface area contributed by atoms with E-state index in [4.69, 9.17) is 0 Å². The molecule has 1 amide bonds. The fraction of sp³-hybridized carbons (Fsp3) is 0.400. The molecule has 1 fully saturated rings. The van der Waals surface area contributed by atoms with E-state index in [9.17, 15) is 21.5 Å². The van der Waals surface area contributed by atoms with Crippen LogP contribution in [-0.4, -0.2) is 31.6 Å². The summed E-state index contributed by atoms with van der Waals surface area (Å²) in [5.41, 5.74) is 0. The van der Waals surface area contributed by atoms with E-state index in [-0.39, 0.29) is 18.8 Å². The molecule has 1 aromatic heterocycles. The van der Waals surface area contributed by atoms with Crippen molar-refractivity contribution in [2.24, 2.45) is 5.92 Å². The Kier molecular flexibility index (Phi) is 3.29. The van der Waals surface area contributed by atoms with Crippen LogP contribution < -0.4 is 4.90 Å². The molecule has 8 heteroatoms. The molecule has 1 aliphatic heterocycles. The van der Waals surface area contributed by atoms with Crippen LogP contribution in [0, 0.1) is 11.7 Å². The number of anilines is 1. The van der Waals surface area contributed by atoms with Gasteiger partial charge < -0.3 is 0 Å². The van der Waals surface area contributed by atoms with Gasteiger partial charge in [-0.2, -0.15) is 8.42 Å². The molecule has 0 saturated carbocycles. The van der Waals surface area contributed by atoms with E-state index in [1.807, 2.05) is 0 Å². The van der Waals surface area contributed by atoms with Crippen LogP contribution in [0.15, 0.2) is 18.3 Å². The van der Waals surface area contributed by atoms with Crippen molar-refractivity contribution in [1.82, 2.24) is 4.98 Å². The molecule has 1 atom stereocenters. The van der Waals surface area contributed by atoms with Gasteiger partial charge in [-0.05, 0) is 12.1 Å². The van der Waals surface area contributed by atoms with Gasteiger partial charge in [0.2, 0.25) is 5.91 Å². The van der Waals surface area contributed by atoms with Gasteiger partial charge in [0.05, 0.1) is 5.75 Å². The highest BCUT2D eigenvalue weighted by molar-refractivity contribution is 7.86. The normalized spacial score (nSPS) is 20.4. The molecule has 1 aliphatic rings. The maximum Gasteiger partial charge on any atom is 0.302 e. The third-order valence-corrected chi connectivity index (χ3v) is 3.50. The van der Waals surface area contributed by atoms with E-state index in [1.165, 1.54) is 12.3 Å². The van der Waals surface area contributed by atoms with E-state index >= 15 is 0 Å². The highest BCUT2D eigenvalue weighted by Crippen LogP contribution is 2.26. The van der Waals surface area contributed by atoms with Crippen LogP contribution in [-0.2, 0) is 15.0 Å². The average molecular weight is 276 g/mol. The smallest absolute Gasteiger partial charge is 0.294 e. The quantitative estimate of drug-likeness (QED) is 0.768. The zero-order chi connectivity index (χ0) is 13.3. The molecule has 0 N–H and O–H groups in total. The SMILES string of the molecule is O=C1CC(CS(=O)(=O)F)CN1c1ncccc1F. The highest BCUT2D eigenvalue weighted by atomic mass is 32.3. The zero-order valence-corrected chi connectivity index (χ0v) is 10.0. The summed E-state index contributed by atoms with van der Waals surface area (Å²) < 4.78 is 47.0. The first kappa shape index (κ1) is 12.9. The lowest BCUT2D eigenvalue weighted by molar-refractivity contribution is -0.117. The maximum absolute atomic E-state index is 13.4. The average Bonchev–Trinajstić information content (AvgIpc) is 2.57. The Labute approximate surface area is 103 Å². The second-order valence-electron chi connectivity index (χ2n) is 4.09. The number of carbonyl (C=O) groups is 1. The van der Waals surface area contributed by atoms with Crippen LogP contribution in [0.25, 0.3) is 0 Å². The first-order valence-electron chi connectivity index (χ1n) is 5.20. The number of rotatable bonds is 3. The number of nitrogens with zero attached hydrogens (tertiary/aromatic N) is 2.